The molecule has 0 saturated carbocycles. The van der Waals surface area contributed by atoms with E-state index < -0.39 is 10.8 Å². The van der Waals surface area contributed by atoms with Crippen molar-refractivity contribution in [2.24, 2.45) is 0 Å². The van der Waals surface area contributed by atoms with Crippen molar-refractivity contribution in [3.05, 3.63) is 21.9 Å². The Balaban J connectivity index is 2.00. The quantitative estimate of drug-likeness (QED) is 0.817. The number of aliphatic hydroxyl groups is 1. The molecule has 1 saturated heterocycles. The van der Waals surface area contributed by atoms with E-state index in [9.17, 15) is 9.00 Å². The molecular weight excluding hydrogens is 282 g/mol. The second-order valence-electron chi connectivity index (χ2n) is 4.08. The zero-order valence-electron chi connectivity index (χ0n) is 10.4. The number of aliphatic hydroxyl groups excluding tert-OH is 1. The van der Waals surface area contributed by atoms with E-state index in [1.807, 2.05) is 6.07 Å². The Kier molecular flexibility index (Phi) is 5.14. The first kappa shape index (κ1) is 14.3. The highest BCUT2D eigenvalue weighted by molar-refractivity contribution is 7.85. The monoisotopic (exact) mass is 297 g/mol. The van der Waals surface area contributed by atoms with Crippen LogP contribution in [-0.2, 0) is 10.8 Å². The molecule has 1 aliphatic heterocycles. The van der Waals surface area contributed by atoms with Crippen molar-refractivity contribution in [1.29, 1.82) is 0 Å². The van der Waals surface area contributed by atoms with E-state index in [0.717, 1.165) is 4.88 Å². The zero-order valence-corrected chi connectivity index (χ0v) is 12.1. The van der Waals surface area contributed by atoms with Crippen LogP contribution in [-0.4, -0.2) is 51.3 Å². The van der Waals surface area contributed by atoms with Crippen LogP contribution in [0.1, 0.15) is 21.0 Å². The number of carbonyl (C=O) groups excluding carboxylic acids is 1. The molecule has 102 valence electrons. The first-order valence-electron chi connectivity index (χ1n) is 6.04. The molecule has 0 radical (unpaired) electrons. The van der Waals surface area contributed by atoms with E-state index in [2.05, 4.69) is 11.8 Å². The molecule has 1 aromatic rings. The molecule has 1 aromatic heterocycles. The maximum atomic E-state index is 12.2. The van der Waals surface area contributed by atoms with Crippen LogP contribution in [0.3, 0.4) is 0 Å². The molecule has 0 unspecified atom stereocenters. The van der Waals surface area contributed by atoms with Crippen LogP contribution >= 0.6 is 11.3 Å². The summed E-state index contributed by atoms with van der Waals surface area (Å²) in [4.78, 5) is 15.4. The van der Waals surface area contributed by atoms with E-state index in [4.69, 9.17) is 5.11 Å². The molecule has 0 atom stereocenters. The lowest BCUT2D eigenvalue weighted by Gasteiger charge is -2.25. The fourth-order valence-corrected chi connectivity index (χ4v) is 3.62. The van der Waals surface area contributed by atoms with Crippen LogP contribution in [0.5, 0.6) is 0 Å². The van der Waals surface area contributed by atoms with Crippen molar-refractivity contribution in [3.63, 3.8) is 0 Å². The number of amides is 1. The average Bonchev–Trinajstić information content (AvgIpc) is 2.88. The lowest BCUT2D eigenvalue weighted by Crippen LogP contribution is -2.41. The molecule has 0 spiro atoms. The number of carbonyl (C=O) groups is 1. The van der Waals surface area contributed by atoms with Crippen LogP contribution in [0.2, 0.25) is 0 Å². The molecule has 0 aromatic carbocycles. The Morgan fingerprint density at radius 3 is 2.84 bits per heavy atom. The second kappa shape index (κ2) is 6.85. The summed E-state index contributed by atoms with van der Waals surface area (Å²) in [5, 5.41) is 8.64. The van der Waals surface area contributed by atoms with Crippen LogP contribution in [0, 0.1) is 11.8 Å². The summed E-state index contributed by atoms with van der Waals surface area (Å²) < 4.78 is 11.3. The van der Waals surface area contributed by atoms with Gasteiger partial charge in [0.05, 0.1) is 16.4 Å². The SMILES string of the molecule is O=C(c1ccc(C#CCCO)s1)N1CCS(=O)CC1. The van der Waals surface area contributed by atoms with Crippen molar-refractivity contribution < 1.29 is 14.1 Å². The summed E-state index contributed by atoms with van der Waals surface area (Å²) in [5.74, 6) is 6.89. The highest BCUT2D eigenvalue weighted by Gasteiger charge is 2.22. The molecule has 1 fully saturated rings. The van der Waals surface area contributed by atoms with E-state index in [-0.39, 0.29) is 12.5 Å². The van der Waals surface area contributed by atoms with Gasteiger partial charge in [0.25, 0.3) is 5.91 Å². The number of hydrogen-bond acceptors (Lipinski definition) is 4. The number of thiophene rings is 1. The van der Waals surface area contributed by atoms with Crippen LogP contribution < -0.4 is 0 Å². The van der Waals surface area contributed by atoms with E-state index in [0.29, 0.717) is 35.9 Å². The summed E-state index contributed by atoms with van der Waals surface area (Å²) in [5.41, 5.74) is 0. The van der Waals surface area contributed by atoms with Gasteiger partial charge < -0.3 is 10.0 Å². The van der Waals surface area contributed by atoms with Gasteiger partial charge >= 0.3 is 0 Å². The van der Waals surface area contributed by atoms with Crippen molar-refractivity contribution >= 4 is 28.0 Å². The van der Waals surface area contributed by atoms with Gasteiger partial charge in [-0.25, -0.2) is 0 Å². The Hall–Kier alpha value is -1.16. The van der Waals surface area contributed by atoms with Gasteiger partial charge in [-0.05, 0) is 12.1 Å². The van der Waals surface area contributed by atoms with Crippen LogP contribution in [0.15, 0.2) is 12.1 Å². The largest absolute Gasteiger partial charge is 0.395 e. The molecule has 2 heterocycles. The minimum atomic E-state index is -0.771. The van der Waals surface area contributed by atoms with E-state index in [1.54, 1.807) is 11.0 Å². The first-order chi connectivity index (χ1) is 9.20. The van der Waals surface area contributed by atoms with E-state index in [1.165, 1.54) is 11.3 Å². The minimum absolute atomic E-state index is 0.00286. The maximum Gasteiger partial charge on any atom is 0.264 e. The number of hydrogen-bond donors (Lipinski definition) is 1. The maximum absolute atomic E-state index is 12.2. The predicted octanol–water partition coefficient (Wildman–Crippen LogP) is 0.687. The number of rotatable bonds is 2. The molecule has 0 bridgehead atoms. The van der Waals surface area contributed by atoms with Crippen molar-refractivity contribution in [2.45, 2.75) is 6.42 Å². The molecule has 1 aliphatic rings. The average molecular weight is 297 g/mol. The molecule has 0 aliphatic carbocycles. The van der Waals surface area contributed by atoms with Gasteiger partial charge in [0.1, 0.15) is 0 Å². The third kappa shape index (κ3) is 3.90. The van der Waals surface area contributed by atoms with Gasteiger partial charge in [-0.2, -0.15) is 0 Å². The highest BCUT2D eigenvalue weighted by Crippen LogP contribution is 2.18. The van der Waals surface area contributed by atoms with Gasteiger partial charge in [0.15, 0.2) is 0 Å². The van der Waals surface area contributed by atoms with Crippen molar-refractivity contribution in [3.8, 4) is 11.8 Å². The van der Waals surface area contributed by atoms with Gasteiger partial charge in [-0.1, -0.05) is 11.8 Å². The van der Waals surface area contributed by atoms with Crippen LogP contribution in [0.4, 0.5) is 0 Å². The molecule has 2 rings (SSSR count). The van der Waals surface area contributed by atoms with Gasteiger partial charge in [-0.15, -0.1) is 11.3 Å². The zero-order chi connectivity index (χ0) is 13.7. The van der Waals surface area contributed by atoms with Crippen molar-refractivity contribution in [2.75, 3.05) is 31.2 Å². The molecule has 1 amide bonds. The molecule has 6 heteroatoms. The number of nitrogens with zero attached hydrogens (tertiary/aromatic N) is 1. The normalized spacial score (nSPS) is 15.9. The summed E-state index contributed by atoms with van der Waals surface area (Å²) in [7, 11) is -0.771. The third-order valence-corrected chi connectivity index (χ3v) is 4.99. The molecule has 4 nitrogen and oxygen atoms in total. The smallest absolute Gasteiger partial charge is 0.264 e. The predicted molar refractivity (Wildman–Crippen MR) is 76.7 cm³/mol. The van der Waals surface area contributed by atoms with E-state index >= 15 is 0 Å². The van der Waals surface area contributed by atoms with Gasteiger partial charge in [0, 0.05) is 41.8 Å². The molecular formula is C13H15NO3S2. The topological polar surface area (TPSA) is 57.6 Å². The standard InChI is InChI=1S/C13H15NO3S2/c15-8-2-1-3-11-4-5-12(18-11)13(16)14-6-9-19(17)10-7-14/h4-5,15H,2,6-10H2. The Bertz CT molecular complexity index is 532. The third-order valence-electron chi connectivity index (χ3n) is 2.73. The summed E-state index contributed by atoms with van der Waals surface area (Å²) in [6.07, 6.45) is 0.444. The Labute approximate surface area is 118 Å². The minimum Gasteiger partial charge on any atom is -0.395 e. The summed E-state index contributed by atoms with van der Waals surface area (Å²) >= 11 is 1.36. The second-order valence-corrected chi connectivity index (χ2v) is 6.86. The first-order valence-corrected chi connectivity index (χ1v) is 8.35. The fraction of sp³-hybridized carbons (Fsp3) is 0.462. The lowest BCUT2D eigenvalue weighted by molar-refractivity contribution is 0.0776. The van der Waals surface area contributed by atoms with Crippen molar-refractivity contribution in [1.82, 2.24) is 4.90 Å². The lowest BCUT2D eigenvalue weighted by atomic mass is 10.3. The summed E-state index contributed by atoms with van der Waals surface area (Å²) in [6, 6.07) is 3.60. The van der Waals surface area contributed by atoms with Gasteiger partial charge in [-0.3, -0.25) is 9.00 Å². The fourth-order valence-electron chi connectivity index (χ4n) is 1.72. The summed E-state index contributed by atoms with van der Waals surface area (Å²) in [6.45, 7) is 1.18. The Morgan fingerprint density at radius 2 is 2.16 bits per heavy atom. The Morgan fingerprint density at radius 1 is 1.42 bits per heavy atom. The highest BCUT2D eigenvalue weighted by atomic mass is 32.2. The van der Waals surface area contributed by atoms with Crippen LogP contribution in [0.25, 0.3) is 0 Å². The molecule has 1 N–H and O–H groups in total. The molecule has 19 heavy (non-hydrogen) atoms. The van der Waals surface area contributed by atoms with Gasteiger partial charge in [0.2, 0.25) is 0 Å².